The number of hydrogen-bond donors (Lipinski definition) is 1. The molecule has 1 radical (unpaired) electrons. The van der Waals surface area contributed by atoms with Crippen molar-refractivity contribution >= 4 is 16.1 Å². The first-order valence-corrected chi connectivity index (χ1v) is 7.55. The van der Waals surface area contributed by atoms with Crippen molar-refractivity contribution in [1.29, 1.82) is 0 Å². The molecule has 0 fully saturated rings. The summed E-state index contributed by atoms with van der Waals surface area (Å²) in [5.74, 6) is 2.06. The molecule has 0 aromatic heterocycles. The molecule has 0 heterocycles. The summed E-state index contributed by atoms with van der Waals surface area (Å²) in [4.78, 5) is 11.1. The topological polar surface area (TPSA) is 74.7 Å². The molecule has 1 unspecified atom stereocenters. The van der Waals surface area contributed by atoms with Gasteiger partial charge in [0.1, 0.15) is 0 Å². The second-order valence-corrected chi connectivity index (χ2v) is 6.34. The number of nitrogens with zero attached hydrogens (tertiary/aromatic N) is 1. The Morgan fingerprint density at radius 3 is 2.35 bits per heavy atom. The van der Waals surface area contributed by atoms with E-state index in [1.807, 2.05) is 6.92 Å². The van der Waals surface area contributed by atoms with Crippen molar-refractivity contribution in [2.75, 3.05) is 6.54 Å². The molecule has 0 aliphatic rings. The fourth-order valence-corrected chi connectivity index (χ4v) is 2.92. The van der Waals surface area contributed by atoms with Crippen molar-refractivity contribution in [3.8, 4) is 5.92 Å². The van der Waals surface area contributed by atoms with Gasteiger partial charge in [-0.05, 0) is 36.6 Å². The number of rotatable bonds is 5. The van der Waals surface area contributed by atoms with Gasteiger partial charge in [-0.25, -0.2) is 17.5 Å². The van der Waals surface area contributed by atoms with E-state index in [1.165, 1.54) is 24.3 Å². The zero-order valence-corrected chi connectivity index (χ0v) is 12.1. The van der Waals surface area contributed by atoms with Crippen LogP contribution >= 0.6 is 0 Å². The third kappa shape index (κ3) is 3.52. The van der Waals surface area contributed by atoms with Crippen LogP contribution < -0.4 is 0 Å². The van der Waals surface area contributed by atoms with E-state index >= 15 is 0 Å². The Balaban J connectivity index is 3.16. The maximum absolute atomic E-state index is 12.3. The quantitative estimate of drug-likeness (QED) is 0.846. The summed E-state index contributed by atoms with van der Waals surface area (Å²) in [6.45, 7) is 3.58. The second kappa shape index (κ2) is 6.44. The highest BCUT2D eigenvalue weighted by molar-refractivity contribution is 7.89. The van der Waals surface area contributed by atoms with Crippen LogP contribution in [0.25, 0.3) is 0 Å². The first-order chi connectivity index (χ1) is 9.32. The van der Waals surface area contributed by atoms with Gasteiger partial charge in [0.15, 0.2) is 0 Å². The molecule has 0 bridgehead atoms. The molecule has 5 nitrogen and oxygen atoms in total. The van der Waals surface area contributed by atoms with Gasteiger partial charge in [0.05, 0.1) is 4.90 Å². The van der Waals surface area contributed by atoms with Gasteiger partial charge >= 0.3 is 6.09 Å². The smallest absolute Gasteiger partial charge is 0.421 e. The Morgan fingerprint density at radius 1 is 1.40 bits per heavy atom. The van der Waals surface area contributed by atoms with Gasteiger partial charge in [0, 0.05) is 12.1 Å². The molecule has 1 amide bonds. The van der Waals surface area contributed by atoms with E-state index in [0.29, 0.717) is 16.3 Å². The van der Waals surface area contributed by atoms with Crippen LogP contribution in [-0.2, 0) is 10.0 Å². The van der Waals surface area contributed by atoms with E-state index in [1.54, 1.807) is 6.92 Å². The van der Waals surface area contributed by atoms with Crippen molar-refractivity contribution < 1.29 is 18.3 Å². The van der Waals surface area contributed by atoms with Crippen LogP contribution in [0, 0.1) is 18.3 Å². The van der Waals surface area contributed by atoms with Crippen molar-refractivity contribution in [2.24, 2.45) is 5.92 Å². The molecule has 20 heavy (non-hydrogen) atoms. The Labute approximate surface area is 119 Å². The van der Waals surface area contributed by atoms with Crippen LogP contribution in [0.1, 0.15) is 25.8 Å². The van der Waals surface area contributed by atoms with Crippen molar-refractivity contribution in [1.82, 2.24) is 4.31 Å². The first-order valence-electron chi connectivity index (χ1n) is 6.11. The monoisotopic (exact) mass is 294 g/mol. The first kappa shape index (κ1) is 16.1. The number of hydrogen-bond acceptors (Lipinski definition) is 3. The Hall–Kier alpha value is -2.00. The summed E-state index contributed by atoms with van der Waals surface area (Å²) >= 11 is 0. The highest BCUT2D eigenvalue weighted by Crippen LogP contribution is 2.18. The van der Waals surface area contributed by atoms with E-state index in [9.17, 15) is 13.2 Å². The summed E-state index contributed by atoms with van der Waals surface area (Å²) in [5.41, 5.74) is 0.424. The molecular formula is C14H16NO4S. The second-order valence-electron chi connectivity index (χ2n) is 4.48. The Kier molecular flexibility index (Phi) is 5.17. The molecule has 1 aromatic carbocycles. The van der Waals surface area contributed by atoms with Gasteiger partial charge < -0.3 is 5.11 Å². The number of carboxylic acid groups (broad SMARTS) is 1. The maximum atomic E-state index is 12.3. The molecule has 1 atom stereocenters. The molecule has 6 heteroatoms. The summed E-state index contributed by atoms with van der Waals surface area (Å²) in [6, 6.07) is 5.36. The molecule has 0 aliphatic heterocycles. The molecule has 0 saturated heterocycles. The van der Waals surface area contributed by atoms with Crippen molar-refractivity contribution in [3.63, 3.8) is 0 Å². The molecule has 0 aliphatic carbocycles. The lowest BCUT2D eigenvalue weighted by atomic mass is 10.1. The SMILES string of the molecule is [C]#Cc1ccc(S(=O)(=O)N(CC(C)CC)C(=O)O)cc1. The third-order valence-electron chi connectivity index (χ3n) is 2.97. The van der Waals surface area contributed by atoms with Crippen LogP contribution in [-0.4, -0.2) is 30.5 Å². The number of amides is 1. The van der Waals surface area contributed by atoms with Crippen LogP contribution in [0.15, 0.2) is 29.2 Å². The fourth-order valence-electron chi connectivity index (χ4n) is 1.53. The van der Waals surface area contributed by atoms with Gasteiger partial charge in [-0.1, -0.05) is 26.2 Å². The lowest BCUT2D eigenvalue weighted by Crippen LogP contribution is -2.38. The normalized spacial score (nSPS) is 12.4. The molecule has 1 rings (SSSR count). The Bertz CT molecular complexity index is 614. The molecule has 1 N–H and O–H groups in total. The molecule has 107 valence electrons. The average molecular weight is 294 g/mol. The average Bonchev–Trinajstić information content (AvgIpc) is 2.43. The zero-order valence-electron chi connectivity index (χ0n) is 11.3. The van der Waals surface area contributed by atoms with Crippen LogP contribution in [0.3, 0.4) is 0 Å². The lowest BCUT2D eigenvalue weighted by molar-refractivity contribution is 0.167. The predicted molar refractivity (Wildman–Crippen MR) is 74.0 cm³/mol. The van der Waals surface area contributed by atoms with Gasteiger partial charge in [0.25, 0.3) is 10.0 Å². The minimum absolute atomic E-state index is 0.0601. The number of sulfonamides is 1. The standard InChI is InChI=1S/C14H16NO4S/c1-4-11(3)10-15(14(16)17)20(18,19)13-8-6-12(5-2)7-9-13/h6-9,11H,4,10H2,1,3H3,(H,16,17). The van der Waals surface area contributed by atoms with Gasteiger partial charge in [-0.3, -0.25) is 0 Å². The van der Waals surface area contributed by atoms with Crippen LogP contribution in [0.5, 0.6) is 0 Å². The number of carbonyl (C=O) groups is 1. The van der Waals surface area contributed by atoms with E-state index in [2.05, 4.69) is 5.92 Å². The maximum Gasteiger partial charge on any atom is 0.421 e. The molecule has 0 saturated carbocycles. The lowest BCUT2D eigenvalue weighted by Gasteiger charge is -2.22. The summed E-state index contributed by atoms with van der Waals surface area (Å²) in [6.07, 6.45) is 6.13. The fraction of sp³-hybridized carbons (Fsp3) is 0.357. The van der Waals surface area contributed by atoms with Gasteiger partial charge in [-0.15, -0.1) is 0 Å². The van der Waals surface area contributed by atoms with Gasteiger partial charge in [0.2, 0.25) is 0 Å². The van der Waals surface area contributed by atoms with Gasteiger partial charge in [-0.2, -0.15) is 0 Å². The minimum Gasteiger partial charge on any atom is -0.464 e. The largest absolute Gasteiger partial charge is 0.464 e. The zero-order chi connectivity index (χ0) is 15.3. The summed E-state index contributed by atoms with van der Waals surface area (Å²) in [5, 5.41) is 9.12. The Morgan fingerprint density at radius 2 is 1.95 bits per heavy atom. The summed E-state index contributed by atoms with van der Waals surface area (Å²) < 4.78 is 25.1. The number of benzene rings is 1. The van der Waals surface area contributed by atoms with E-state index < -0.39 is 16.1 Å². The van der Waals surface area contributed by atoms with E-state index in [4.69, 9.17) is 11.5 Å². The van der Waals surface area contributed by atoms with Crippen LogP contribution in [0.2, 0.25) is 0 Å². The third-order valence-corrected chi connectivity index (χ3v) is 4.73. The minimum atomic E-state index is -4.09. The summed E-state index contributed by atoms with van der Waals surface area (Å²) in [7, 11) is -4.09. The predicted octanol–water partition coefficient (Wildman–Crippen LogP) is 2.34. The highest BCUT2D eigenvalue weighted by atomic mass is 32.2. The van der Waals surface area contributed by atoms with E-state index in [-0.39, 0.29) is 17.4 Å². The van der Waals surface area contributed by atoms with Crippen LogP contribution in [0.4, 0.5) is 4.79 Å². The molecular weight excluding hydrogens is 278 g/mol. The highest BCUT2D eigenvalue weighted by Gasteiger charge is 2.29. The van der Waals surface area contributed by atoms with Crippen molar-refractivity contribution in [3.05, 3.63) is 36.3 Å². The molecule has 0 spiro atoms. The molecule has 1 aromatic rings. The van der Waals surface area contributed by atoms with E-state index in [0.717, 1.165) is 0 Å². The van der Waals surface area contributed by atoms with Crippen molar-refractivity contribution in [2.45, 2.75) is 25.2 Å².